The minimum Gasteiger partial charge on any atom is -0.330 e. The highest BCUT2D eigenvalue weighted by atomic mass is 15.2. The summed E-state index contributed by atoms with van der Waals surface area (Å²) in [5.74, 6) is 2.35. The third-order valence-corrected chi connectivity index (χ3v) is 12.7. The van der Waals surface area contributed by atoms with Crippen LogP contribution in [0.4, 0.5) is 0 Å². The zero-order valence-corrected chi connectivity index (χ0v) is 40.2. The Morgan fingerprint density at radius 1 is 0.418 bits per heavy atom. The molecule has 9 heteroatoms. The largest absolute Gasteiger partial charge is 0.330 e. The van der Waals surface area contributed by atoms with Gasteiger partial charge in [-0.05, 0) is 199 Å². The standard InChI is InChI=1S/C10H22N2.C10H21N.2C9H20N2.C8H18N2/c1-8-5-6-12(7-9(8)11)10(2,3)4;1-9-6-5-7-11(8-9)10(2,3)4;1-9(2,3)11-5-4-8(6-10)7-11;1-9(2,3)11-6-4-5-8(10)7-11;1-8(2,3)10-5-4-7(9)6-10/h8-9H,5-7,11H2,1-4H3;9H,5-8H2,1-4H3;2*8H,4-7,10H2,1-3H3;7H,4-6,9H2,1-3H3/t8-,9-;9-;2*8-;7-/m01111/s1. The van der Waals surface area contributed by atoms with Crippen molar-refractivity contribution in [2.24, 2.45) is 40.7 Å². The van der Waals surface area contributed by atoms with Crippen LogP contribution in [0, 0.1) is 17.8 Å². The molecule has 5 saturated heterocycles. The fraction of sp³-hybridized carbons (Fsp3) is 1.00. The number of hydrogen-bond acceptors (Lipinski definition) is 9. The number of nitrogens with two attached hydrogens (primary N) is 4. The first kappa shape index (κ1) is 52.7. The van der Waals surface area contributed by atoms with Crippen molar-refractivity contribution in [2.75, 3.05) is 72.0 Å². The van der Waals surface area contributed by atoms with Crippen molar-refractivity contribution in [3.8, 4) is 0 Å². The molecule has 0 aromatic carbocycles. The van der Waals surface area contributed by atoms with Crippen LogP contribution in [-0.2, 0) is 0 Å². The number of nitrogens with zero attached hydrogens (tertiary/aromatic N) is 5. The van der Waals surface area contributed by atoms with E-state index in [1.165, 1.54) is 84.3 Å². The van der Waals surface area contributed by atoms with Gasteiger partial charge in [-0.2, -0.15) is 0 Å². The van der Waals surface area contributed by atoms with Gasteiger partial charge in [0.15, 0.2) is 0 Å². The van der Waals surface area contributed by atoms with E-state index in [2.05, 4.69) is 142 Å². The van der Waals surface area contributed by atoms with E-state index in [0.29, 0.717) is 46.2 Å². The van der Waals surface area contributed by atoms with Crippen LogP contribution in [0.5, 0.6) is 0 Å². The highest BCUT2D eigenvalue weighted by Gasteiger charge is 2.31. The first-order valence-electron chi connectivity index (χ1n) is 22.7. The summed E-state index contributed by atoms with van der Waals surface area (Å²) in [5.41, 5.74) is 24.9. The Hall–Kier alpha value is -0.360. The quantitative estimate of drug-likeness (QED) is 0.222. The minimum absolute atomic E-state index is 0.289. The lowest BCUT2D eigenvalue weighted by Crippen LogP contribution is -2.54. The van der Waals surface area contributed by atoms with E-state index < -0.39 is 0 Å². The summed E-state index contributed by atoms with van der Waals surface area (Å²) in [6.07, 6.45) is 8.97. The molecule has 0 bridgehead atoms. The lowest BCUT2D eigenvalue weighted by molar-refractivity contribution is 0.0782. The van der Waals surface area contributed by atoms with Crippen LogP contribution in [0.25, 0.3) is 0 Å². The zero-order chi connectivity index (χ0) is 42.6. The summed E-state index contributed by atoms with van der Waals surface area (Å²) in [6, 6.07) is 1.19. The summed E-state index contributed by atoms with van der Waals surface area (Å²) in [7, 11) is 0. The molecule has 0 aliphatic carbocycles. The van der Waals surface area contributed by atoms with Gasteiger partial charge in [-0.15, -0.1) is 0 Å². The second-order valence-corrected chi connectivity index (χ2v) is 23.1. The maximum Gasteiger partial charge on any atom is 0.0194 e. The molecule has 0 aromatic heterocycles. The van der Waals surface area contributed by atoms with E-state index in [1.54, 1.807) is 0 Å². The van der Waals surface area contributed by atoms with E-state index in [-0.39, 0.29) is 5.54 Å². The Bertz CT molecular complexity index is 983. The van der Waals surface area contributed by atoms with Crippen molar-refractivity contribution in [1.29, 1.82) is 0 Å². The summed E-state index contributed by atoms with van der Waals surface area (Å²) < 4.78 is 0. The Labute approximate surface area is 344 Å². The van der Waals surface area contributed by atoms with Gasteiger partial charge in [-0.3, -0.25) is 24.5 Å². The van der Waals surface area contributed by atoms with Crippen molar-refractivity contribution in [1.82, 2.24) is 24.5 Å². The molecule has 5 rings (SSSR count). The molecular weight excluding hydrogens is 679 g/mol. The molecule has 0 spiro atoms. The van der Waals surface area contributed by atoms with Crippen LogP contribution < -0.4 is 22.9 Å². The van der Waals surface area contributed by atoms with Gasteiger partial charge in [0, 0.05) is 85.1 Å². The van der Waals surface area contributed by atoms with Crippen LogP contribution in [-0.4, -0.2) is 142 Å². The van der Waals surface area contributed by atoms with E-state index in [1.807, 2.05) is 0 Å². The van der Waals surface area contributed by atoms with Gasteiger partial charge < -0.3 is 22.9 Å². The van der Waals surface area contributed by atoms with Crippen molar-refractivity contribution < 1.29 is 0 Å². The van der Waals surface area contributed by atoms with Crippen LogP contribution in [0.2, 0.25) is 0 Å². The predicted octanol–water partition coefficient (Wildman–Crippen LogP) is 7.06. The lowest BCUT2D eigenvalue weighted by atomic mass is 9.91. The van der Waals surface area contributed by atoms with E-state index in [9.17, 15) is 0 Å². The topological polar surface area (TPSA) is 120 Å². The smallest absolute Gasteiger partial charge is 0.0194 e. The van der Waals surface area contributed by atoms with Gasteiger partial charge in [0.2, 0.25) is 0 Å². The molecule has 0 radical (unpaired) electrons. The monoisotopic (exact) mass is 780 g/mol. The van der Waals surface area contributed by atoms with Crippen molar-refractivity contribution >= 4 is 0 Å². The summed E-state index contributed by atoms with van der Waals surface area (Å²) >= 11 is 0. The van der Waals surface area contributed by atoms with E-state index >= 15 is 0 Å². The fourth-order valence-corrected chi connectivity index (χ4v) is 8.16. The maximum atomic E-state index is 6.02. The fourth-order valence-electron chi connectivity index (χ4n) is 8.16. The summed E-state index contributed by atoms with van der Waals surface area (Å²) in [5, 5.41) is 0. The number of rotatable bonds is 1. The van der Waals surface area contributed by atoms with Crippen LogP contribution >= 0.6 is 0 Å². The molecule has 5 fully saturated rings. The Kier molecular flexibility index (Phi) is 21.9. The zero-order valence-electron chi connectivity index (χ0n) is 40.2. The van der Waals surface area contributed by atoms with Crippen molar-refractivity contribution in [3.63, 3.8) is 0 Å². The van der Waals surface area contributed by atoms with Gasteiger partial charge in [0.1, 0.15) is 0 Å². The number of hydrogen-bond donors (Lipinski definition) is 4. The predicted molar refractivity (Wildman–Crippen MR) is 244 cm³/mol. The Balaban J connectivity index is 0.000000344. The third kappa shape index (κ3) is 20.9. The summed E-state index contributed by atoms with van der Waals surface area (Å²) in [4.78, 5) is 12.5. The molecule has 8 N–H and O–H groups in total. The molecule has 0 aromatic rings. The molecule has 5 heterocycles. The first-order chi connectivity index (χ1) is 24.9. The van der Waals surface area contributed by atoms with E-state index in [4.69, 9.17) is 22.9 Å². The SMILES string of the molecule is CC(C)(C)N1CCC[C@@H](N)C1.CC(C)(C)N1CC[C@@H](N)C1.CC(C)(C)N1CC[C@H](CN)C1.C[C@@H]1CCCN(C(C)(C)C)C1.C[C@H]1CCN(C(C)(C)C)C[C@@H]1N. The molecule has 0 amide bonds. The highest BCUT2D eigenvalue weighted by molar-refractivity contribution is 4.89. The van der Waals surface area contributed by atoms with Gasteiger partial charge in [0.05, 0.1) is 0 Å². The molecule has 5 aliphatic heterocycles. The van der Waals surface area contributed by atoms with Crippen LogP contribution in [0.15, 0.2) is 0 Å². The second kappa shape index (κ2) is 22.9. The molecule has 9 nitrogen and oxygen atoms in total. The third-order valence-electron chi connectivity index (χ3n) is 12.7. The molecule has 5 aliphatic rings. The Morgan fingerprint density at radius 2 is 0.782 bits per heavy atom. The number of piperidine rings is 3. The molecule has 330 valence electrons. The number of likely N-dealkylation sites (tertiary alicyclic amines) is 5. The normalized spacial score (nSPS) is 29.8. The van der Waals surface area contributed by atoms with Crippen LogP contribution in [0.1, 0.15) is 163 Å². The Morgan fingerprint density at radius 3 is 1.09 bits per heavy atom. The molecule has 0 saturated carbocycles. The summed E-state index contributed by atoms with van der Waals surface area (Å²) in [6.45, 7) is 51.3. The van der Waals surface area contributed by atoms with E-state index in [0.717, 1.165) is 44.4 Å². The maximum absolute atomic E-state index is 6.02. The van der Waals surface area contributed by atoms with Crippen LogP contribution in [0.3, 0.4) is 0 Å². The van der Waals surface area contributed by atoms with Crippen molar-refractivity contribution in [2.45, 2.75) is 208 Å². The minimum atomic E-state index is 0.289. The molecule has 6 atom stereocenters. The second-order valence-electron chi connectivity index (χ2n) is 23.1. The average Bonchev–Trinajstić information content (AvgIpc) is 3.72. The van der Waals surface area contributed by atoms with Gasteiger partial charge >= 0.3 is 0 Å². The highest BCUT2D eigenvalue weighted by Crippen LogP contribution is 2.25. The molecular formula is C46H101N9. The van der Waals surface area contributed by atoms with Gasteiger partial charge in [-0.1, -0.05) is 13.8 Å². The average molecular weight is 780 g/mol. The van der Waals surface area contributed by atoms with Gasteiger partial charge in [-0.25, -0.2) is 0 Å². The van der Waals surface area contributed by atoms with Gasteiger partial charge in [0.25, 0.3) is 0 Å². The molecule has 0 unspecified atom stereocenters. The molecule has 55 heavy (non-hydrogen) atoms. The first-order valence-corrected chi connectivity index (χ1v) is 22.7. The van der Waals surface area contributed by atoms with Crippen molar-refractivity contribution in [3.05, 3.63) is 0 Å². The lowest BCUT2D eigenvalue weighted by Gasteiger charge is -2.43.